The predicted molar refractivity (Wildman–Crippen MR) is 66.1 cm³/mol. The van der Waals surface area contributed by atoms with Gasteiger partial charge in [0, 0.05) is 19.5 Å². The summed E-state index contributed by atoms with van der Waals surface area (Å²) in [5.41, 5.74) is 0.479. The molecule has 2 heterocycles. The molecule has 105 valence electrons. The molecule has 1 fully saturated rings. The maximum Gasteiger partial charge on any atom is 0 e. The Morgan fingerprint density at radius 3 is 3.00 bits per heavy atom. The molecular weight excluding hydrogens is 567 g/mol. The third kappa shape index (κ3) is 3.40. The molecule has 8 heteroatoms. The van der Waals surface area contributed by atoms with Crippen molar-refractivity contribution in [2.24, 2.45) is 0 Å². The molecule has 1 N–H and O–H groups in total. The largest absolute Gasteiger partial charge is 0 e. The van der Waals surface area contributed by atoms with Crippen LogP contribution in [0.1, 0.15) is 10.4 Å². The monoisotopic (exact) mass is 574 g/mol. The number of hydrogen-bond acceptors (Lipinski definition) is 5. The van der Waals surface area contributed by atoms with Crippen LogP contribution in [0.4, 0.5) is 0 Å². The SMILES string of the molecule is O=C1COc2ccc(OC(=O)[C-](I)C3N[I-]3)cc21.[Rh]. The summed E-state index contributed by atoms with van der Waals surface area (Å²) in [5, 5.41) is 0. The zero-order valence-corrected chi connectivity index (χ0v) is 15.2. The molecule has 1 aromatic rings. The third-order valence-corrected chi connectivity index (χ3v) is 6.58. The Kier molecular flexibility index (Phi) is 5.07. The fraction of sp³-hybridized carbons (Fsp3) is 0.182. The summed E-state index contributed by atoms with van der Waals surface area (Å²) in [4.78, 5) is 23.2. The van der Waals surface area contributed by atoms with Crippen LogP contribution in [0.25, 0.3) is 0 Å². The number of carbonyl (C=O) groups excluding carboxylic acids is 2. The molecule has 1 atom stereocenters. The minimum absolute atomic E-state index is 0. The number of halogens is 2. The van der Waals surface area contributed by atoms with Crippen molar-refractivity contribution in [2.45, 2.75) is 4.05 Å². The van der Waals surface area contributed by atoms with Gasteiger partial charge < -0.3 is 0 Å². The van der Waals surface area contributed by atoms with Crippen LogP contribution in [-0.4, -0.2) is 22.4 Å². The minimum Gasteiger partial charge on any atom is 0 e. The average molecular weight is 574 g/mol. The van der Waals surface area contributed by atoms with Crippen LogP contribution >= 0.6 is 22.6 Å². The van der Waals surface area contributed by atoms with Crippen LogP contribution in [0.2, 0.25) is 0 Å². The molecule has 5 nitrogen and oxygen atoms in total. The van der Waals surface area contributed by atoms with Gasteiger partial charge in [0.25, 0.3) is 0 Å². The van der Waals surface area contributed by atoms with Gasteiger partial charge in [-0.25, -0.2) is 0 Å². The van der Waals surface area contributed by atoms with Gasteiger partial charge in [0.1, 0.15) is 0 Å². The third-order valence-electron chi connectivity index (χ3n) is 2.46. The van der Waals surface area contributed by atoms with Crippen molar-refractivity contribution < 1.29 is 60.0 Å². The van der Waals surface area contributed by atoms with E-state index in [1.54, 1.807) is 18.2 Å². The number of nitrogens with one attached hydrogen (secondary N) is 1. The molecule has 2 aliphatic heterocycles. The smallest absolute Gasteiger partial charge is 0 e. The zero-order valence-electron chi connectivity index (χ0n) is 9.24. The molecule has 3 rings (SSSR count). The van der Waals surface area contributed by atoms with E-state index < -0.39 is 0 Å². The molecular formula is C11H7I2NO4Rh-2. The summed E-state index contributed by atoms with van der Waals surface area (Å²) in [7, 11) is 0. The van der Waals surface area contributed by atoms with Crippen LogP contribution < -0.4 is 34.5 Å². The van der Waals surface area contributed by atoms with E-state index in [1.165, 1.54) is 0 Å². The number of benzene rings is 1. The van der Waals surface area contributed by atoms with E-state index in [9.17, 15) is 9.59 Å². The Bertz CT molecular complexity index is 535. The van der Waals surface area contributed by atoms with Gasteiger partial charge in [0.05, 0.1) is 0 Å². The van der Waals surface area contributed by atoms with E-state index >= 15 is 0 Å². The van der Waals surface area contributed by atoms with E-state index in [4.69, 9.17) is 9.47 Å². The van der Waals surface area contributed by atoms with Gasteiger partial charge in [0.2, 0.25) is 0 Å². The normalized spacial score (nSPS) is 19.4. The standard InChI is InChI=1S/C11H7I2NO4.Rh/c12-9(10-13-14-10)11(16)18-5-1-2-8-6(3-5)7(15)4-17-8;/h1-3,10,14H,4H2;/q-2;. The fourth-order valence-corrected chi connectivity index (χ4v) is 4.19. The summed E-state index contributed by atoms with van der Waals surface area (Å²) in [6.45, 7) is 0.0623. The molecule has 0 aliphatic carbocycles. The van der Waals surface area contributed by atoms with Crippen LogP contribution in [0.3, 0.4) is 0 Å². The summed E-state index contributed by atoms with van der Waals surface area (Å²) in [6.07, 6.45) is 0. The molecule has 1 saturated heterocycles. The first kappa shape index (κ1) is 15.5. The van der Waals surface area contributed by atoms with Gasteiger partial charge in [-0.2, -0.15) is 0 Å². The molecule has 0 spiro atoms. The summed E-state index contributed by atoms with van der Waals surface area (Å²) >= 11 is 1.95. The molecule has 0 saturated carbocycles. The van der Waals surface area contributed by atoms with E-state index in [0.29, 0.717) is 21.0 Å². The number of Topliss-reactive ketones (excluding diaryl/α,β-unsaturated/α-hetero) is 1. The summed E-state index contributed by atoms with van der Waals surface area (Å²) in [5.74, 6) is 0.492. The Morgan fingerprint density at radius 1 is 1.58 bits per heavy atom. The van der Waals surface area contributed by atoms with Crippen molar-refractivity contribution in [1.29, 1.82) is 0 Å². The maximum atomic E-state index is 11.8. The summed E-state index contributed by atoms with van der Waals surface area (Å²) in [6, 6.07) is 4.84. The molecule has 1 unspecified atom stereocenters. The molecule has 2 aliphatic rings. The van der Waals surface area contributed by atoms with E-state index in [1.807, 2.05) is 22.6 Å². The van der Waals surface area contributed by atoms with E-state index in [-0.39, 0.29) is 63.4 Å². The Balaban J connectivity index is 0.00000133. The second kappa shape index (κ2) is 6.23. The molecule has 0 aromatic heterocycles. The van der Waals surface area contributed by atoms with Gasteiger partial charge in [-0.05, 0) is 0 Å². The number of ether oxygens (including phenoxy) is 2. The first-order valence-electron chi connectivity index (χ1n) is 5.07. The number of alkyl halides is 1. The number of hydrogen-bond donors (Lipinski definition) is 1. The second-order valence-electron chi connectivity index (χ2n) is 3.69. The van der Waals surface area contributed by atoms with Crippen molar-refractivity contribution in [1.82, 2.24) is 3.53 Å². The van der Waals surface area contributed by atoms with Crippen molar-refractivity contribution in [3.8, 4) is 11.5 Å². The molecule has 0 bridgehead atoms. The van der Waals surface area contributed by atoms with Crippen molar-refractivity contribution >= 4 is 34.3 Å². The maximum absolute atomic E-state index is 11.8. The Morgan fingerprint density at radius 2 is 2.32 bits per heavy atom. The van der Waals surface area contributed by atoms with Crippen molar-refractivity contribution in [3.63, 3.8) is 0 Å². The van der Waals surface area contributed by atoms with E-state index in [2.05, 4.69) is 3.53 Å². The zero-order chi connectivity index (χ0) is 12.7. The molecule has 0 amide bonds. The number of rotatable bonds is 3. The second-order valence-corrected chi connectivity index (χ2v) is 7.34. The minimum atomic E-state index is -0.350. The molecule has 1 radical (unpaired) electrons. The predicted octanol–water partition coefficient (Wildman–Crippen LogP) is -1.94. The number of carbonyl (C=O) groups is 2. The van der Waals surface area contributed by atoms with Gasteiger partial charge in [-0.15, -0.1) is 0 Å². The van der Waals surface area contributed by atoms with Crippen LogP contribution in [-0.2, 0) is 24.3 Å². The first-order chi connectivity index (χ1) is 8.65. The average Bonchev–Trinajstić information content (AvgIpc) is 3.15. The van der Waals surface area contributed by atoms with Crippen LogP contribution in [0, 0.1) is 3.92 Å². The number of ketones is 1. The van der Waals surface area contributed by atoms with Gasteiger partial charge in [-0.3, -0.25) is 0 Å². The van der Waals surface area contributed by atoms with Crippen LogP contribution in [0.15, 0.2) is 18.2 Å². The Labute approximate surface area is 146 Å². The van der Waals surface area contributed by atoms with Crippen molar-refractivity contribution in [3.05, 3.63) is 27.7 Å². The van der Waals surface area contributed by atoms with Crippen LogP contribution in [0.5, 0.6) is 11.5 Å². The summed E-state index contributed by atoms with van der Waals surface area (Å²) < 4.78 is 14.4. The Hall–Kier alpha value is 0.0734. The van der Waals surface area contributed by atoms with Gasteiger partial charge in [-0.1, -0.05) is 0 Å². The van der Waals surface area contributed by atoms with Gasteiger partial charge in [0.15, 0.2) is 0 Å². The number of fused-ring (bicyclic) bond motifs is 1. The first-order valence-corrected chi connectivity index (χ1v) is 8.48. The van der Waals surface area contributed by atoms with Crippen molar-refractivity contribution in [2.75, 3.05) is 6.61 Å². The van der Waals surface area contributed by atoms with Gasteiger partial charge >= 0.3 is 128 Å². The molecule has 1 aromatic carbocycles. The fourth-order valence-electron chi connectivity index (χ4n) is 1.52. The topological polar surface area (TPSA) is 74.5 Å². The van der Waals surface area contributed by atoms with E-state index in [0.717, 1.165) is 0 Å². The molecule has 19 heavy (non-hydrogen) atoms. The number of esters is 1. The quantitative estimate of drug-likeness (QED) is 0.0525.